The van der Waals surface area contributed by atoms with Gasteiger partial charge in [0, 0.05) is 14.1 Å². The summed E-state index contributed by atoms with van der Waals surface area (Å²) in [6.07, 6.45) is 2.47. The van der Waals surface area contributed by atoms with Gasteiger partial charge in [-0.3, -0.25) is 5.01 Å². The Hall–Kier alpha value is -1.46. The van der Waals surface area contributed by atoms with Crippen LogP contribution in [-0.4, -0.2) is 35.7 Å². The summed E-state index contributed by atoms with van der Waals surface area (Å²) in [7, 11) is 3.63. The average molecular weight is 265 g/mol. The van der Waals surface area contributed by atoms with Gasteiger partial charge >= 0.3 is 0 Å². The predicted molar refractivity (Wildman–Crippen MR) is 73.3 cm³/mol. The van der Waals surface area contributed by atoms with Crippen LogP contribution in [0, 0.1) is 0 Å². The highest BCUT2D eigenvalue weighted by Gasteiger charge is 2.25. The van der Waals surface area contributed by atoms with E-state index in [0.717, 1.165) is 0 Å². The van der Waals surface area contributed by atoms with Gasteiger partial charge in [0.1, 0.15) is 17.2 Å². The third-order valence-electron chi connectivity index (χ3n) is 3.51. The molecule has 0 amide bonds. The van der Waals surface area contributed by atoms with E-state index in [1.165, 1.54) is 6.08 Å². The minimum absolute atomic E-state index is 0.194. The zero-order valence-corrected chi connectivity index (χ0v) is 11.6. The summed E-state index contributed by atoms with van der Waals surface area (Å²) in [6.45, 7) is 1.91. The van der Waals surface area contributed by atoms with Crippen LogP contribution in [0.25, 0.3) is 0 Å². The Labute approximate surface area is 113 Å². The Kier molecular flexibility index (Phi) is 3.87. The first-order valence-corrected chi connectivity index (χ1v) is 6.39. The van der Waals surface area contributed by atoms with Gasteiger partial charge in [-0.1, -0.05) is 12.1 Å². The van der Waals surface area contributed by atoms with Gasteiger partial charge in [0.2, 0.25) is 0 Å². The van der Waals surface area contributed by atoms with E-state index in [4.69, 9.17) is 0 Å². The highest BCUT2D eigenvalue weighted by Crippen LogP contribution is 2.27. The molecule has 2 heterocycles. The van der Waals surface area contributed by atoms with Gasteiger partial charge in [0.25, 0.3) is 0 Å². The second-order valence-electron chi connectivity index (χ2n) is 5.18. The number of likely N-dealkylation sites (N-methyl/N-ethyl adjacent to an activating group) is 1. The SMILES string of the molecule is CN1C/C(F)=C\CCC(C)(O)c2cccc(n2)N1C. The van der Waals surface area contributed by atoms with Gasteiger partial charge in [-0.25, -0.2) is 14.4 Å². The standard InChI is InChI=1S/C14H20FN3O/c1-14(19)9-5-6-11(15)10-17(2)18(3)13-8-4-7-12(14)16-13/h4,6-8,19H,5,9-10H2,1-3H3/b11-6+. The number of pyridine rings is 1. The second kappa shape index (κ2) is 5.27. The third-order valence-corrected chi connectivity index (χ3v) is 3.51. The summed E-state index contributed by atoms with van der Waals surface area (Å²) < 4.78 is 13.7. The molecule has 5 heteroatoms. The quantitative estimate of drug-likeness (QED) is 0.781. The lowest BCUT2D eigenvalue weighted by molar-refractivity contribution is 0.0443. The maximum absolute atomic E-state index is 13.7. The van der Waals surface area contributed by atoms with Crippen molar-refractivity contribution in [3.8, 4) is 0 Å². The minimum atomic E-state index is -1.05. The number of aromatic nitrogens is 1. The van der Waals surface area contributed by atoms with Crippen LogP contribution in [0.2, 0.25) is 0 Å². The number of allylic oxidation sites excluding steroid dienone is 1. The molecule has 2 rings (SSSR count). The first kappa shape index (κ1) is 14.0. The number of nitrogens with zero attached hydrogens (tertiary/aromatic N) is 3. The molecule has 0 aromatic carbocycles. The number of aliphatic hydroxyl groups is 1. The molecule has 0 aliphatic carbocycles. The zero-order chi connectivity index (χ0) is 14.0. The summed E-state index contributed by atoms with van der Waals surface area (Å²) >= 11 is 0. The number of hydrogen-bond acceptors (Lipinski definition) is 4. The highest BCUT2D eigenvalue weighted by molar-refractivity contribution is 5.38. The lowest BCUT2D eigenvalue weighted by atomic mass is 9.95. The van der Waals surface area contributed by atoms with Crippen molar-refractivity contribution < 1.29 is 9.50 Å². The van der Waals surface area contributed by atoms with Crippen molar-refractivity contribution in [2.45, 2.75) is 25.4 Å². The van der Waals surface area contributed by atoms with Crippen molar-refractivity contribution in [1.82, 2.24) is 9.99 Å². The van der Waals surface area contributed by atoms with Crippen LogP contribution in [0.15, 0.2) is 30.1 Å². The molecule has 0 saturated heterocycles. The Bertz CT molecular complexity index is 487. The lowest BCUT2D eigenvalue weighted by Gasteiger charge is -2.29. The van der Waals surface area contributed by atoms with E-state index in [1.54, 1.807) is 30.1 Å². The van der Waals surface area contributed by atoms with Crippen LogP contribution in [0.5, 0.6) is 0 Å². The molecule has 1 atom stereocenters. The molecule has 4 nitrogen and oxygen atoms in total. The maximum atomic E-state index is 13.7. The van der Waals surface area contributed by atoms with E-state index in [9.17, 15) is 9.50 Å². The normalized spacial score (nSPS) is 28.5. The molecule has 1 aromatic heterocycles. The number of halogens is 1. The Morgan fingerprint density at radius 1 is 1.37 bits per heavy atom. The van der Waals surface area contributed by atoms with Crippen molar-refractivity contribution in [2.75, 3.05) is 25.6 Å². The number of hydrazine groups is 1. The van der Waals surface area contributed by atoms with Crippen molar-refractivity contribution in [3.05, 3.63) is 35.8 Å². The van der Waals surface area contributed by atoms with Crippen LogP contribution < -0.4 is 5.01 Å². The molecular weight excluding hydrogens is 245 g/mol. The molecule has 2 bridgehead atoms. The summed E-state index contributed by atoms with van der Waals surface area (Å²) in [5, 5.41) is 14.0. The highest BCUT2D eigenvalue weighted by atomic mass is 19.1. The summed E-state index contributed by atoms with van der Waals surface area (Å²) in [5.74, 6) is 0.495. The Morgan fingerprint density at radius 3 is 2.84 bits per heavy atom. The van der Waals surface area contributed by atoms with E-state index in [1.807, 2.05) is 19.2 Å². The molecule has 0 saturated carbocycles. The fourth-order valence-electron chi connectivity index (χ4n) is 2.11. The van der Waals surface area contributed by atoms with E-state index in [0.29, 0.717) is 24.4 Å². The molecule has 104 valence electrons. The van der Waals surface area contributed by atoms with E-state index in [-0.39, 0.29) is 12.4 Å². The first-order valence-electron chi connectivity index (χ1n) is 6.39. The van der Waals surface area contributed by atoms with Gasteiger partial charge < -0.3 is 5.11 Å². The van der Waals surface area contributed by atoms with E-state index < -0.39 is 5.60 Å². The van der Waals surface area contributed by atoms with Crippen molar-refractivity contribution in [2.24, 2.45) is 0 Å². The molecule has 1 unspecified atom stereocenters. The molecule has 0 fully saturated rings. The molecular formula is C14H20FN3O. The predicted octanol–water partition coefficient (Wildman–Crippen LogP) is 2.22. The van der Waals surface area contributed by atoms with E-state index in [2.05, 4.69) is 4.98 Å². The minimum Gasteiger partial charge on any atom is -0.384 e. The van der Waals surface area contributed by atoms with Gasteiger partial charge in [-0.05, 0) is 31.9 Å². The number of anilines is 1. The fraction of sp³-hybridized carbons (Fsp3) is 0.500. The molecule has 19 heavy (non-hydrogen) atoms. The van der Waals surface area contributed by atoms with Crippen LogP contribution in [0.3, 0.4) is 0 Å². The van der Waals surface area contributed by atoms with Crippen molar-refractivity contribution >= 4 is 5.82 Å². The molecule has 1 aliphatic rings. The molecule has 1 aliphatic heterocycles. The van der Waals surface area contributed by atoms with Crippen LogP contribution >= 0.6 is 0 Å². The van der Waals surface area contributed by atoms with Gasteiger partial charge in [-0.2, -0.15) is 0 Å². The van der Waals surface area contributed by atoms with Crippen LogP contribution in [-0.2, 0) is 5.60 Å². The maximum Gasteiger partial charge on any atom is 0.143 e. The lowest BCUT2D eigenvalue weighted by Crippen LogP contribution is -2.38. The summed E-state index contributed by atoms with van der Waals surface area (Å²) in [6, 6.07) is 5.50. The Balaban J connectivity index is 2.43. The summed E-state index contributed by atoms with van der Waals surface area (Å²) in [5.41, 5.74) is -0.433. The number of hydrogen-bond donors (Lipinski definition) is 1. The first-order chi connectivity index (χ1) is 8.90. The zero-order valence-electron chi connectivity index (χ0n) is 11.6. The summed E-state index contributed by atoms with van der Waals surface area (Å²) in [4.78, 5) is 4.47. The molecule has 1 N–H and O–H groups in total. The smallest absolute Gasteiger partial charge is 0.143 e. The fourth-order valence-corrected chi connectivity index (χ4v) is 2.11. The second-order valence-corrected chi connectivity index (χ2v) is 5.18. The topological polar surface area (TPSA) is 39.6 Å². The Morgan fingerprint density at radius 2 is 2.11 bits per heavy atom. The molecule has 1 aromatic rings. The van der Waals surface area contributed by atoms with Crippen LogP contribution in [0.4, 0.5) is 10.2 Å². The van der Waals surface area contributed by atoms with Crippen molar-refractivity contribution in [3.63, 3.8) is 0 Å². The molecule has 0 spiro atoms. The van der Waals surface area contributed by atoms with Gasteiger partial charge in [0.15, 0.2) is 0 Å². The molecule has 0 radical (unpaired) electrons. The van der Waals surface area contributed by atoms with Crippen LogP contribution in [0.1, 0.15) is 25.5 Å². The van der Waals surface area contributed by atoms with E-state index >= 15 is 0 Å². The average Bonchev–Trinajstić information content (AvgIpc) is 2.37. The van der Waals surface area contributed by atoms with Crippen molar-refractivity contribution in [1.29, 1.82) is 0 Å². The van der Waals surface area contributed by atoms with Gasteiger partial charge in [0.05, 0.1) is 12.2 Å². The monoisotopic (exact) mass is 265 g/mol. The number of fused-ring (bicyclic) bond motifs is 2. The van der Waals surface area contributed by atoms with Gasteiger partial charge in [-0.15, -0.1) is 0 Å². The largest absolute Gasteiger partial charge is 0.384 e. The third kappa shape index (κ3) is 3.11. The number of rotatable bonds is 0.